The van der Waals surface area contributed by atoms with Crippen LogP contribution >= 0.6 is 0 Å². The van der Waals surface area contributed by atoms with Crippen molar-refractivity contribution in [2.75, 3.05) is 26.3 Å². The van der Waals surface area contributed by atoms with E-state index in [4.69, 9.17) is 0 Å². The lowest BCUT2D eigenvalue weighted by Crippen LogP contribution is -2.47. The van der Waals surface area contributed by atoms with Gasteiger partial charge in [-0.25, -0.2) is 0 Å². The molecule has 1 heterocycles. The first kappa shape index (κ1) is 16.1. The predicted octanol–water partition coefficient (Wildman–Crippen LogP) is 2.09. The third kappa shape index (κ3) is 3.29. The summed E-state index contributed by atoms with van der Waals surface area (Å²) in [6.45, 7) is 1.27. The summed E-state index contributed by atoms with van der Waals surface area (Å²) in [5, 5.41) is 20.8. The second kappa shape index (κ2) is 7.21. The van der Waals surface area contributed by atoms with Crippen LogP contribution in [0.5, 0.6) is 0 Å². The van der Waals surface area contributed by atoms with Crippen molar-refractivity contribution in [3.8, 4) is 0 Å². The average molecular weight is 313 g/mol. The van der Waals surface area contributed by atoms with E-state index in [0.29, 0.717) is 6.54 Å². The number of Topliss-reactive ketones (excluding diaryl/α,β-unsaturated/α-hetero) is 1. The zero-order valence-electron chi connectivity index (χ0n) is 13.2. The summed E-state index contributed by atoms with van der Waals surface area (Å²) >= 11 is 0. The number of benzene rings is 2. The molecule has 2 aromatic carbocycles. The number of ketones is 1. The standard InChI is InChI=1S/C19H23NO3/c21-12-16(13-22)20-10-4-7-15(11-20)19(23)18-9-3-6-14-5-1-2-8-17(14)18/h1-3,5-6,8-9,15-16,21-22H,4,7,10-13H2. The van der Waals surface area contributed by atoms with Crippen LogP contribution in [-0.2, 0) is 0 Å². The largest absolute Gasteiger partial charge is 0.395 e. The van der Waals surface area contributed by atoms with Crippen LogP contribution in [0.1, 0.15) is 23.2 Å². The zero-order chi connectivity index (χ0) is 16.2. The quantitative estimate of drug-likeness (QED) is 0.830. The summed E-state index contributed by atoms with van der Waals surface area (Å²) in [6.07, 6.45) is 1.78. The number of hydrogen-bond donors (Lipinski definition) is 2. The first-order valence-corrected chi connectivity index (χ1v) is 8.22. The number of fused-ring (bicyclic) bond motifs is 1. The number of hydrogen-bond acceptors (Lipinski definition) is 4. The minimum absolute atomic E-state index is 0.0739. The molecule has 2 aromatic rings. The van der Waals surface area contributed by atoms with E-state index in [1.807, 2.05) is 47.4 Å². The lowest BCUT2D eigenvalue weighted by molar-refractivity contribution is 0.0409. The number of carbonyl (C=O) groups excluding carboxylic acids is 1. The molecule has 1 aliphatic rings. The van der Waals surface area contributed by atoms with E-state index in [1.54, 1.807) is 0 Å². The smallest absolute Gasteiger partial charge is 0.167 e. The Hall–Kier alpha value is -1.75. The van der Waals surface area contributed by atoms with Crippen molar-refractivity contribution in [1.82, 2.24) is 4.90 Å². The summed E-state index contributed by atoms with van der Waals surface area (Å²) in [4.78, 5) is 15.0. The van der Waals surface area contributed by atoms with Gasteiger partial charge in [-0.2, -0.15) is 0 Å². The Bertz CT molecular complexity index is 676. The number of rotatable bonds is 5. The Morgan fingerprint density at radius 3 is 2.65 bits per heavy atom. The van der Waals surface area contributed by atoms with Crippen LogP contribution in [-0.4, -0.2) is 53.2 Å². The van der Waals surface area contributed by atoms with E-state index in [0.717, 1.165) is 35.7 Å². The third-order valence-corrected chi connectivity index (χ3v) is 4.82. The molecule has 0 saturated carbocycles. The van der Waals surface area contributed by atoms with Crippen molar-refractivity contribution in [3.05, 3.63) is 48.0 Å². The molecule has 0 radical (unpaired) electrons. The molecule has 1 aliphatic heterocycles. The molecule has 0 aromatic heterocycles. The highest BCUT2D eigenvalue weighted by atomic mass is 16.3. The van der Waals surface area contributed by atoms with Crippen molar-refractivity contribution in [3.63, 3.8) is 0 Å². The molecule has 1 unspecified atom stereocenters. The molecule has 122 valence electrons. The van der Waals surface area contributed by atoms with Gasteiger partial charge in [-0.05, 0) is 30.2 Å². The number of nitrogens with zero attached hydrogens (tertiary/aromatic N) is 1. The fraction of sp³-hybridized carbons (Fsp3) is 0.421. The van der Waals surface area contributed by atoms with Gasteiger partial charge in [0.25, 0.3) is 0 Å². The van der Waals surface area contributed by atoms with Gasteiger partial charge < -0.3 is 10.2 Å². The van der Waals surface area contributed by atoms with Gasteiger partial charge in [-0.3, -0.25) is 9.69 Å². The molecule has 4 nitrogen and oxygen atoms in total. The molecule has 1 saturated heterocycles. The fourth-order valence-electron chi connectivity index (χ4n) is 3.50. The van der Waals surface area contributed by atoms with Crippen LogP contribution in [0.4, 0.5) is 0 Å². The molecule has 0 bridgehead atoms. The van der Waals surface area contributed by atoms with E-state index in [-0.39, 0.29) is 31.0 Å². The predicted molar refractivity (Wildman–Crippen MR) is 90.5 cm³/mol. The Kier molecular flexibility index (Phi) is 5.06. The summed E-state index contributed by atoms with van der Waals surface area (Å²) in [7, 11) is 0. The molecular formula is C19H23NO3. The Balaban J connectivity index is 1.84. The highest BCUT2D eigenvalue weighted by Crippen LogP contribution is 2.26. The van der Waals surface area contributed by atoms with Crippen molar-refractivity contribution in [2.45, 2.75) is 18.9 Å². The molecule has 0 spiro atoms. The topological polar surface area (TPSA) is 60.8 Å². The molecule has 3 rings (SSSR count). The van der Waals surface area contributed by atoms with Gasteiger partial charge in [0, 0.05) is 18.0 Å². The maximum absolute atomic E-state index is 13.0. The molecular weight excluding hydrogens is 290 g/mol. The van der Waals surface area contributed by atoms with Gasteiger partial charge in [0.15, 0.2) is 5.78 Å². The zero-order valence-corrected chi connectivity index (χ0v) is 13.2. The first-order chi connectivity index (χ1) is 11.2. The number of piperidine rings is 1. The number of aliphatic hydroxyl groups is 2. The molecule has 2 N–H and O–H groups in total. The van der Waals surface area contributed by atoms with Gasteiger partial charge >= 0.3 is 0 Å². The molecule has 23 heavy (non-hydrogen) atoms. The molecule has 1 atom stereocenters. The Labute approximate surface area is 136 Å². The van der Waals surface area contributed by atoms with Crippen LogP contribution in [0.15, 0.2) is 42.5 Å². The molecule has 0 amide bonds. The second-order valence-electron chi connectivity index (χ2n) is 6.24. The Morgan fingerprint density at radius 1 is 1.13 bits per heavy atom. The van der Waals surface area contributed by atoms with Crippen LogP contribution in [0.3, 0.4) is 0 Å². The van der Waals surface area contributed by atoms with Gasteiger partial charge in [0.2, 0.25) is 0 Å². The monoisotopic (exact) mass is 313 g/mol. The van der Waals surface area contributed by atoms with E-state index in [2.05, 4.69) is 0 Å². The van der Waals surface area contributed by atoms with E-state index in [9.17, 15) is 15.0 Å². The van der Waals surface area contributed by atoms with Crippen LogP contribution in [0.25, 0.3) is 10.8 Å². The fourth-order valence-corrected chi connectivity index (χ4v) is 3.50. The molecule has 1 fully saturated rings. The summed E-state index contributed by atoms with van der Waals surface area (Å²) in [5.74, 6) is 0.0938. The number of carbonyl (C=O) groups is 1. The van der Waals surface area contributed by atoms with Gasteiger partial charge in [-0.1, -0.05) is 42.5 Å². The summed E-state index contributed by atoms with van der Waals surface area (Å²) < 4.78 is 0. The molecule has 0 aliphatic carbocycles. The maximum atomic E-state index is 13.0. The first-order valence-electron chi connectivity index (χ1n) is 8.22. The maximum Gasteiger partial charge on any atom is 0.167 e. The second-order valence-corrected chi connectivity index (χ2v) is 6.24. The van der Waals surface area contributed by atoms with E-state index < -0.39 is 0 Å². The highest BCUT2D eigenvalue weighted by Gasteiger charge is 2.30. The van der Waals surface area contributed by atoms with Crippen LogP contribution < -0.4 is 0 Å². The Morgan fingerprint density at radius 2 is 1.87 bits per heavy atom. The highest BCUT2D eigenvalue weighted by molar-refractivity contribution is 6.09. The summed E-state index contributed by atoms with van der Waals surface area (Å²) in [6, 6.07) is 13.5. The molecule has 4 heteroatoms. The van der Waals surface area contributed by atoms with Crippen molar-refractivity contribution < 1.29 is 15.0 Å². The van der Waals surface area contributed by atoms with Crippen molar-refractivity contribution in [2.24, 2.45) is 5.92 Å². The minimum atomic E-state index is -0.266. The van der Waals surface area contributed by atoms with Crippen LogP contribution in [0, 0.1) is 5.92 Å². The van der Waals surface area contributed by atoms with Crippen molar-refractivity contribution in [1.29, 1.82) is 0 Å². The van der Waals surface area contributed by atoms with Crippen molar-refractivity contribution >= 4 is 16.6 Å². The average Bonchev–Trinajstić information content (AvgIpc) is 2.62. The van der Waals surface area contributed by atoms with Gasteiger partial charge in [0.05, 0.1) is 19.3 Å². The van der Waals surface area contributed by atoms with Gasteiger partial charge in [-0.15, -0.1) is 0 Å². The van der Waals surface area contributed by atoms with E-state index in [1.165, 1.54) is 0 Å². The number of aliphatic hydroxyl groups excluding tert-OH is 2. The normalized spacial score (nSPS) is 19.3. The lowest BCUT2D eigenvalue weighted by atomic mass is 9.87. The SMILES string of the molecule is O=C(c1cccc2ccccc12)C1CCCN(C(CO)CO)C1. The third-order valence-electron chi connectivity index (χ3n) is 4.82. The van der Waals surface area contributed by atoms with E-state index >= 15 is 0 Å². The van der Waals surface area contributed by atoms with Crippen LogP contribution in [0.2, 0.25) is 0 Å². The minimum Gasteiger partial charge on any atom is -0.395 e. The summed E-state index contributed by atoms with van der Waals surface area (Å²) in [5.41, 5.74) is 0.777. The lowest BCUT2D eigenvalue weighted by Gasteiger charge is -2.36. The van der Waals surface area contributed by atoms with Gasteiger partial charge in [0.1, 0.15) is 0 Å². The number of likely N-dealkylation sites (tertiary alicyclic amines) is 1.